The molecule has 0 N–H and O–H groups in total. The molecule has 1 heterocycles. The van der Waals surface area contributed by atoms with Gasteiger partial charge in [-0.2, -0.15) is 0 Å². The molecule has 66 valence electrons. The zero-order valence-electron chi connectivity index (χ0n) is 6.58. The topological polar surface area (TPSA) is 73.1 Å². The minimum Gasteiger partial charge on any atom is -0.299 e. The van der Waals surface area contributed by atoms with Gasteiger partial charge in [0.05, 0.1) is 10.6 Å². The van der Waals surface area contributed by atoms with Crippen LogP contribution in [0.2, 0.25) is 0 Å². The first-order chi connectivity index (χ1) is 6.24. The molecule has 0 amide bonds. The average Bonchev–Trinajstić information content (AvgIpc) is 2.15. The number of nitro groups is 1. The van der Waals surface area contributed by atoms with E-state index in [0.717, 1.165) is 6.20 Å². The predicted molar refractivity (Wildman–Crippen MR) is 46.0 cm³/mol. The van der Waals surface area contributed by atoms with Crippen LogP contribution >= 0.6 is 0 Å². The molecule has 1 aromatic heterocycles. The van der Waals surface area contributed by atoms with Crippen LogP contribution in [0.15, 0.2) is 24.4 Å². The van der Waals surface area contributed by atoms with Crippen molar-refractivity contribution in [3.8, 4) is 0 Å². The molecular formula is C8H6N2O3. The Bertz CT molecular complexity index is 343. The first kappa shape index (κ1) is 9.05. The molecule has 0 unspecified atom stereocenters. The molecule has 5 heteroatoms. The van der Waals surface area contributed by atoms with Crippen molar-refractivity contribution in [2.45, 2.75) is 0 Å². The Balaban J connectivity index is 2.87. The molecule has 13 heavy (non-hydrogen) atoms. The SMILES string of the molecule is O=C/C=C/c1ccc([N+](=O)[O-])cn1. The van der Waals surface area contributed by atoms with Gasteiger partial charge in [0, 0.05) is 6.07 Å². The fraction of sp³-hybridized carbons (Fsp3) is 0. The van der Waals surface area contributed by atoms with E-state index < -0.39 is 4.92 Å². The van der Waals surface area contributed by atoms with E-state index in [1.54, 1.807) is 0 Å². The van der Waals surface area contributed by atoms with Crippen LogP contribution in [0.4, 0.5) is 5.69 Å². The van der Waals surface area contributed by atoms with Gasteiger partial charge in [-0.1, -0.05) is 0 Å². The molecule has 0 saturated carbocycles. The summed E-state index contributed by atoms with van der Waals surface area (Å²) in [6.07, 6.45) is 4.50. The van der Waals surface area contributed by atoms with Crippen molar-refractivity contribution in [3.63, 3.8) is 0 Å². The third-order valence-corrected chi connectivity index (χ3v) is 1.33. The van der Waals surface area contributed by atoms with Crippen molar-refractivity contribution >= 4 is 18.0 Å². The van der Waals surface area contributed by atoms with Gasteiger partial charge in [0.15, 0.2) is 0 Å². The minimum atomic E-state index is -0.528. The summed E-state index contributed by atoms with van der Waals surface area (Å²) in [4.78, 5) is 23.4. The van der Waals surface area contributed by atoms with Crippen LogP contribution in [0.5, 0.6) is 0 Å². The number of aromatic nitrogens is 1. The zero-order chi connectivity index (χ0) is 9.68. The van der Waals surface area contributed by atoms with E-state index in [-0.39, 0.29) is 5.69 Å². The summed E-state index contributed by atoms with van der Waals surface area (Å²) in [6.45, 7) is 0. The van der Waals surface area contributed by atoms with Crippen molar-refractivity contribution in [1.29, 1.82) is 0 Å². The number of carbonyl (C=O) groups is 1. The highest BCUT2D eigenvalue weighted by molar-refractivity contribution is 5.72. The Kier molecular flexibility index (Phi) is 2.86. The maximum Gasteiger partial charge on any atom is 0.287 e. The summed E-state index contributed by atoms with van der Waals surface area (Å²) < 4.78 is 0. The van der Waals surface area contributed by atoms with Crippen LogP contribution in [-0.4, -0.2) is 16.2 Å². The third-order valence-electron chi connectivity index (χ3n) is 1.33. The predicted octanol–water partition coefficient (Wildman–Crippen LogP) is 1.20. The minimum absolute atomic E-state index is 0.0664. The first-order valence-corrected chi connectivity index (χ1v) is 3.46. The summed E-state index contributed by atoms with van der Waals surface area (Å²) in [5.41, 5.74) is 0.445. The molecule has 0 bridgehead atoms. The molecule has 1 rings (SSSR count). The zero-order valence-corrected chi connectivity index (χ0v) is 6.58. The Labute approximate surface area is 73.9 Å². The van der Waals surface area contributed by atoms with Crippen LogP contribution < -0.4 is 0 Å². The number of carbonyl (C=O) groups excluding carboxylic acids is 1. The van der Waals surface area contributed by atoms with Crippen molar-refractivity contribution < 1.29 is 9.72 Å². The van der Waals surface area contributed by atoms with Gasteiger partial charge in [-0.15, -0.1) is 0 Å². The highest BCUT2D eigenvalue weighted by Gasteiger charge is 2.02. The number of aldehydes is 1. The summed E-state index contributed by atoms with van der Waals surface area (Å²) in [5.74, 6) is 0. The quantitative estimate of drug-likeness (QED) is 0.301. The van der Waals surface area contributed by atoms with Crippen LogP contribution in [0.3, 0.4) is 0 Å². The van der Waals surface area contributed by atoms with Gasteiger partial charge in [-0.3, -0.25) is 14.9 Å². The lowest BCUT2D eigenvalue weighted by molar-refractivity contribution is -0.385. The van der Waals surface area contributed by atoms with Gasteiger partial charge in [-0.25, -0.2) is 4.98 Å². The second-order valence-electron chi connectivity index (χ2n) is 2.19. The highest BCUT2D eigenvalue weighted by Crippen LogP contribution is 2.09. The van der Waals surface area contributed by atoms with Gasteiger partial charge in [0.1, 0.15) is 12.5 Å². The van der Waals surface area contributed by atoms with E-state index in [2.05, 4.69) is 4.98 Å². The number of rotatable bonds is 3. The van der Waals surface area contributed by atoms with Gasteiger partial charge in [0.25, 0.3) is 5.69 Å². The van der Waals surface area contributed by atoms with Gasteiger partial charge in [-0.05, 0) is 18.2 Å². The van der Waals surface area contributed by atoms with E-state index in [9.17, 15) is 14.9 Å². The molecule has 0 radical (unpaired) electrons. The van der Waals surface area contributed by atoms with Crippen molar-refractivity contribution in [3.05, 3.63) is 40.2 Å². The van der Waals surface area contributed by atoms with Gasteiger partial charge in [0.2, 0.25) is 0 Å². The number of allylic oxidation sites excluding steroid dienone is 1. The lowest BCUT2D eigenvalue weighted by atomic mass is 10.3. The smallest absolute Gasteiger partial charge is 0.287 e. The number of pyridine rings is 1. The largest absolute Gasteiger partial charge is 0.299 e. The Hall–Kier alpha value is -2.04. The molecule has 0 aliphatic rings. The molecular weight excluding hydrogens is 172 g/mol. The summed E-state index contributed by atoms with van der Waals surface area (Å²) in [6, 6.07) is 2.80. The number of nitrogens with zero attached hydrogens (tertiary/aromatic N) is 2. The normalized spacial score (nSPS) is 10.2. The highest BCUT2D eigenvalue weighted by atomic mass is 16.6. The van der Waals surface area contributed by atoms with Gasteiger partial charge < -0.3 is 0 Å². The third kappa shape index (κ3) is 2.48. The molecule has 5 nitrogen and oxygen atoms in total. The summed E-state index contributed by atoms with van der Waals surface area (Å²) in [5, 5.41) is 10.2. The lowest BCUT2D eigenvalue weighted by Crippen LogP contribution is -1.89. The van der Waals surface area contributed by atoms with Crippen LogP contribution in [0.25, 0.3) is 6.08 Å². The fourth-order valence-electron chi connectivity index (χ4n) is 0.742. The molecule has 0 aliphatic heterocycles. The Morgan fingerprint density at radius 1 is 1.46 bits per heavy atom. The summed E-state index contributed by atoms with van der Waals surface area (Å²) in [7, 11) is 0. The Morgan fingerprint density at radius 3 is 2.69 bits per heavy atom. The van der Waals surface area contributed by atoms with E-state index >= 15 is 0 Å². The lowest BCUT2D eigenvalue weighted by Gasteiger charge is -1.91. The van der Waals surface area contributed by atoms with Crippen molar-refractivity contribution in [2.24, 2.45) is 0 Å². The van der Waals surface area contributed by atoms with Crippen LogP contribution in [-0.2, 0) is 4.79 Å². The molecule has 0 atom stereocenters. The van der Waals surface area contributed by atoms with Crippen LogP contribution in [0, 0.1) is 10.1 Å². The Morgan fingerprint density at radius 2 is 2.23 bits per heavy atom. The molecule has 0 aromatic carbocycles. The molecule has 0 saturated heterocycles. The van der Waals surface area contributed by atoms with E-state index in [4.69, 9.17) is 0 Å². The van der Waals surface area contributed by atoms with Gasteiger partial charge >= 0.3 is 0 Å². The number of hydrogen-bond donors (Lipinski definition) is 0. The fourth-order valence-corrected chi connectivity index (χ4v) is 0.742. The maximum absolute atomic E-state index is 10.2. The van der Waals surface area contributed by atoms with Crippen molar-refractivity contribution in [1.82, 2.24) is 4.98 Å². The number of hydrogen-bond acceptors (Lipinski definition) is 4. The molecule has 0 fully saturated rings. The van der Waals surface area contributed by atoms with E-state index in [0.29, 0.717) is 12.0 Å². The van der Waals surface area contributed by atoms with E-state index in [1.807, 2.05) is 0 Å². The van der Waals surface area contributed by atoms with E-state index in [1.165, 1.54) is 24.3 Å². The monoisotopic (exact) mass is 178 g/mol. The average molecular weight is 178 g/mol. The summed E-state index contributed by atoms with van der Waals surface area (Å²) >= 11 is 0. The first-order valence-electron chi connectivity index (χ1n) is 3.46. The second kappa shape index (κ2) is 4.10. The molecule has 0 aliphatic carbocycles. The maximum atomic E-state index is 10.2. The standard InChI is InChI=1S/C8H6N2O3/c11-5-1-2-7-3-4-8(6-9-7)10(12)13/h1-6H/b2-1+. The molecule has 0 spiro atoms. The molecule has 1 aromatic rings. The second-order valence-corrected chi connectivity index (χ2v) is 2.19. The van der Waals surface area contributed by atoms with Crippen LogP contribution in [0.1, 0.15) is 5.69 Å². The van der Waals surface area contributed by atoms with Crippen molar-refractivity contribution in [2.75, 3.05) is 0 Å².